The van der Waals surface area contributed by atoms with Crippen molar-refractivity contribution in [3.63, 3.8) is 0 Å². The third-order valence-electron chi connectivity index (χ3n) is 2.66. The van der Waals surface area contributed by atoms with Gasteiger partial charge in [0.05, 0.1) is 0 Å². The van der Waals surface area contributed by atoms with Gasteiger partial charge in [-0.15, -0.1) is 12.4 Å². The molecule has 0 aromatic carbocycles. The van der Waals surface area contributed by atoms with Gasteiger partial charge in [-0.2, -0.15) is 0 Å². The van der Waals surface area contributed by atoms with E-state index in [4.69, 9.17) is 0 Å². The molecule has 13 heavy (non-hydrogen) atoms. The van der Waals surface area contributed by atoms with E-state index in [1.807, 2.05) is 0 Å². The van der Waals surface area contributed by atoms with Gasteiger partial charge in [0.15, 0.2) is 0 Å². The molecule has 1 heterocycles. The van der Waals surface area contributed by atoms with Gasteiger partial charge < -0.3 is 5.32 Å². The van der Waals surface area contributed by atoms with Crippen molar-refractivity contribution in [2.24, 2.45) is 11.8 Å². The molecule has 2 unspecified atom stereocenters. The largest absolute Gasteiger partial charge is 0.353 e. The topological polar surface area (TPSA) is 29.1 Å². The number of hydrogen-bond acceptors (Lipinski definition) is 1. The fourth-order valence-electron chi connectivity index (χ4n) is 1.72. The highest BCUT2D eigenvalue weighted by Gasteiger charge is 2.22. The fourth-order valence-corrected chi connectivity index (χ4v) is 1.72. The molecular formula is C10H20ClNO. The van der Waals surface area contributed by atoms with Crippen LogP contribution in [0.3, 0.4) is 0 Å². The van der Waals surface area contributed by atoms with Gasteiger partial charge in [0.1, 0.15) is 0 Å². The quantitative estimate of drug-likeness (QED) is 0.700. The van der Waals surface area contributed by atoms with Crippen molar-refractivity contribution in [3.8, 4) is 0 Å². The fraction of sp³-hybridized carbons (Fsp3) is 0.900. The smallest absolute Gasteiger partial charge is 0.220 e. The monoisotopic (exact) mass is 205 g/mol. The molecule has 2 nitrogen and oxygen atoms in total. The first-order valence-corrected chi connectivity index (χ1v) is 4.89. The summed E-state index contributed by atoms with van der Waals surface area (Å²) >= 11 is 0. The first-order valence-electron chi connectivity index (χ1n) is 4.89. The summed E-state index contributed by atoms with van der Waals surface area (Å²) in [6.07, 6.45) is 3.04. The maximum atomic E-state index is 11.3. The summed E-state index contributed by atoms with van der Waals surface area (Å²) in [7, 11) is 0. The second-order valence-corrected chi connectivity index (χ2v) is 4.30. The normalized spacial score (nSPS) is 29.1. The van der Waals surface area contributed by atoms with Crippen molar-refractivity contribution in [2.75, 3.05) is 0 Å². The molecule has 0 spiro atoms. The zero-order chi connectivity index (χ0) is 9.14. The number of amides is 1. The van der Waals surface area contributed by atoms with Crippen LogP contribution in [0.2, 0.25) is 0 Å². The third-order valence-corrected chi connectivity index (χ3v) is 2.66. The molecule has 1 aliphatic heterocycles. The highest BCUT2D eigenvalue weighted by molar-refractivity contribution is 5.85. The summed E-state index contributed by atoms with van der Waals surface area (Å²) in [5, 5.41) is 3.07. The van der Waals surface area contributed by atoms with Gasteiger partial charge >= 0.3 is 0 Å². The van der Waals surface area contributed by atoms with Crippen molar-refractivity contribution < 1.29 is 4.79 Å². The Balaban J connectivity index is 0.00000144. The van der Waals surface area contributed by atoms with Crippen LogP contribution in [0.1, 0.15) is 40.0 Å². The molecule has 1 saturated heterocycles. The Hall–Kier alpha value is -0.240. The lowest BCUT2D eigenvalue weighted by Crippen LogP contribution is -2.36. The number of carbonyl (C=O) groups is 1. The van der Waals surface area contributed by atoms with E-state index in [1.165, 1.54) is 6.42 Å². The summed E-state index contributed by atoms with van der Waals surface area (Å²) in [5.74, 6) is 1.37. The van der Waals surface area contributed by atoms with Gasteiger partial charge in [-0.3, -0.25) is 4.79 Å². The highest BCUT2D eigenvalue weighted by atomic mass is 35.5. The molecule has 0 aromatic heterocycles. The molecule has 0 bridgehead atoms. The lowest BCUT2D eigenvalue weighted by atomic mass is 9.96. The summed E-state index contributed by atoms with van der Waals surface area (Å²) in [4.78, 5) is 11.3. The van der Waals surface area contributed by atoms with Crippen molar-refractivity contribution in [2.45, 2.75) is 46.1 Å². The van der Waals surface area contributed by atoms with Gasteiger partial charge in [0.25, 0.3) is 0 Å². The van der Waals surface area contributed by atoms with Crippen LogP contribution in [-0.4, -0.2) is 11.9 Å². The summed E-state index contributed by atoms with van der Waals surface area (Å²) in [6.45, 7) is 6.49. The average Bonchev–Trinajstić information content (AvgIpc) is 2.11. The van der Waals surface area contributed by atoms with Gasteiger partial charge in [-0.25, -0.2) is 0 Å². The molecule has 1 rings (SSSR count). The molecule has 0 saturated carbocycles. The minimum absolute atomic E-state index is 0. The third kappa shape index (κ3) is 3.99. The van der Waals surface area contributed by atoms with Gasteiger partial charge in [0.2, 0.25) is 5.91 Å². The lowest BCUT2D eigenvalue weighted by Gasteiger charge is -2.19. The molecule has 1 aliphatic rings. The standard InChI is InChI=1S/C10H19NO.ClH/c1-7(2)9-5-4-8(3)6-10(12)11-9;/h7-9H,4-6H2,1-3H3,(H,11,12);1H. The number of rotatable bonds is 1. The van der Waals surface area contributed by atoms with Crippen LogP contribution in [0.5, 0.6) is 0 Å². The summed E-state index contributed by atoms with van der Waals surface area (Å²) < 4.78 is 0. The second-order valence-electron chi connectivity index (χ2n) is 4.30. The van der Waals surface area contributed by atoms with Gasteiger partial charge in [0, 0.05) is 12.5 Å². The van der Waals surface area contributed by atoms with Crippen LogP contribution < -0.4 is 5.32 Å². The Morgan fingerprint density at radius 2 is 2.00 bits per heavy atom. The van der Waals surface area contributed by atoms with Crippen molar-refractivity contribution in [3.05, 3.63) is 0 Å². The summed E-state index contributed by atoms with van der Waals surface area (Å²) in [6, 6.07) is 0.405. The van der Waals surface area contributed by atoms with Crippen molar-refractivity contribution in [1.29, 1.82) is 0 Å². The van der Waals surface area contributed by atoms with E-state index in [1.54, 1.807) is 0 Å². The maximum Gasteiger partial charge on any atom is 0.220 e. The van der Waals surface area contributed by atoms with E-state index >= 15 is 0 Å². The Morgan fingerprint density at radius 3 is 2.54 bits per heavy atom. The molecule has 1 fully saturated rings. The average molecular weight is 206 g/mol. The van der Waals surface area contributed by atoms with Gasteiger partial charge in [-0.05, 0) is 24.7 Å². The van der Waals surface area contributed by atoms with E-state index in [-0.39, 0.29) is 18.3 Å². The van der Waals surface area contributed by atoms with E-state index in [2.05, 4.69) is 26.1 Å². The molecular weight excluding hydrogens is 186 g/mol. The number of halogens is 1. The van der Waals surface area contributed by atoms with Crippen LogP contribution in [0, 0.1) is 11.8 Å². The molecule has 0 radical (unpaired) electrons. The predicted octanol–water partition coefficient (Wildman–Crippen LogP) is 2.37. The van der Waals surface area contributed by atoms with Crippen LogP contribution in [0.15, 0.2) is 0 Å². The predicted molar refractivity (Wildman–Crippen MR) is 57.0 cm³/mol. The first-order chi connectivity index (χ1) is 5.59. The Kier molecular flexibility index (Phi) is 5.38. The zero-order valence-corrected chi connectivity index (χ0v) is 9.49. The first kappa shape index (κ1) is 12.8. The number of hydrogen-bond donors (Lipinski definition) is 1. The van der Waals surface area contributed by atoms with Crippen LogP contribution in [0.25, 0.3) is 0 Å². The van der Waals surface area contributed by atoms with Crippen LogP contribution in [-0.2, 0) is 4.79 Å². The molecule has 0 aliphatic carbocycles. The van der Waals surface area contributed by atoms with E-state index in [9.17, 15) is 4.79 Å². The van der Waals surface area contributed by atoms with Crippen molar-refractivity contribution >= 4 is 18.3 Å². The number of carbonyl (C=O) groups excluding carboxylic acids is 1. The Labute approximate surface area is 86.9 Å². The van der Waals surface area contributed by atoms with Gasteiger partial charge in [-0.1, -0.05) is 20.8 Å². The Morgan fingerprint density at radius 1 is 1.38 bits per heavy atom. The zero-order valence-electron chi connectivity index (χ0n) is 8.67. The lowest BCUT2D eigenvalue weighted by molar-refractivity contribution is -0.122. The molecule has 1 N–H and O–H groups in total. The summed E-state index contributed by atoms with van der Waals surface area (Å²) in [5.41, 5.74) is 0. The molecule has 0 aromatic rings. The highest BCUT2D eigenvalue weighted by Crippen LogP contribution is 2.19. The molecule has 3 heteroatoms. The SMILES string of the molecule is CC1CCC(C(C)C)NC(=O)C1.Cl. The minimum Gasteiger partial charge on any atom is -0.353 e. The molecule has 78 valence electrons. The Bertz CT molecular complexity index is 170. The van der Waals surface area contributed by atoms with E-state index in [0.717, 1.165) is 6.42 Å². The number of nitrogens with one attached hydrogen (secondary N) is 1. The van der Waals surface area contributed by atoms with E-state index in [0.29, 0.717) is 24.3 Å². The van der Waals surface area contributed by atoms with Crippen LogP contribution in [0.4, 0.5) is 0 Å². The second kappa shape index (κ2) is 5.48. The minimum atomic E-state index is 0. The molecule has 1 amide bonds. The molecule has 2 atom stereocenters. The maximum absolute atomic E-state index is 11.3. The van der Waals surface area contributed by atoms with Crippen molar-refractivity contribution in [1.82, 2.24) is 5.32 Å². The van der Waals surface area contributed by atoms with Crippen LogP contribution >= 0.6 is 12.4 Å². The van der Waals surface area contributed by atoms with E-state index < -0.39 is 0 Å².